The van der Waals surface area contributed by atoms with Crippen LogP contribution in [0.2, 0.25) is 0 Å². The summed E-state index contributed by atoms with van der Waals surface area (Å²) in [6, 6.07) is 2.33. The van der Waals surface area contributed by atoms with Gasteiger partial charge in [0.25, 0.3) is 0 Å². The first-order valence-corrected chi connectivity index (χ1v) is 16.7. The van der Waals surface area contributed by atoms with Gasteiger partial charge in [-0.2, -0.15) is 26.3 Å². The molecule has 2 amide bonds. The number of aromatic nitrogens is 1. The molecular formula is C34H43F6N5O5. The van der Waals surface area contributed by atoms with Crippen LogP contribution in [0, 0.1) is 0 Å². The minimum Gasteiger partial charge on any atom is -0.444 e. The molecule has 0 N–H and O–H groups in total. The Kier molecular flexibility index (Phi) is 10.7. The number of cyclic esters (lactones) is 1. The molecule has 1 aromatic carbocycles. The van der Waals surface area contributed by atoms with Gasteiger partial charge in [0.15, 0.2) is 0 Å². The Labute approximate surface area is 287 Å². The van der Waals surface area contributed by atoms with E-state index in [9.17, 15) is 35.9 Å². The molecule has 3 fully saturated rings. The third-order valence-corrected chi connectivity index (χ3v) is 9.14. The normalized spacial score (nSPS) is 21.0. The van der Waals surface area contributed by atoms with Crippen LogP contribution in [0.25, 0.3) is 0 Å². The van der Waals surface area contributed by atoms with Crippen molar-refractivity contribution in [3.63, 3.8) is 0 Å². The predicted molar refractivity (Wildman–Crippen MR) is 172 cm³/mol. The number of benzene rings is 1. The molecule has 0 saturated carbocycles. The van der Waals surface area contributed by atoms with E-state index in [0.717, 1.165) is 18.5 Å². The summed E-state index contributed by atoms with van der Waals surface area (Å²) in [4.78, 5) is 37.9. The number of carbonyl (C=O) groups is 2. The number of piperazine rings is 1. The fraction of sp³-hybridized carbons (Fsp3) is 0.618. The summed E-state index contributed by atoms with van der Waals surface area (Å²) in [5.41, 5.74) is -2.62. The first-order valence-electron chi connectivity index (χ1n) is 16.7. The van der Waals surface area contributed by atoms with Gasteiger partial charge in [-0.3, -0.25) is 4.90 Å². The molecule has 3 aliphatic rings. The van der Waals surface area contributed by atoms with E-state index in [0.29, 0.717) is 69.5 Å². The Bertz CT molecular complexity index is 1500. The monoisotopic (exact) mass is 715 g/mol. The Morgan fingerprint density at radius 2 is 1.56 bits per heavy atom. The zero-order chi connectivity index (χ0) is 36.6. The third kappa shape index (κ3) is 8.49. The van der Waals surface area contributed by atoms with Gasteiger partial charge in [-0.1, -0.05) is 0 Å². The molecule has 2 unspecified atom stereocenters. The molecule has 0 aliphatic carbocycles. The van der Waals surface area contributed by atoms with Gasteiger partial charge in [-0.25, -0.2) is 14.6 Å². The Balaban J connectivity index is 1.44. The molecule has 3 aliphatic heterocycles. The molecule has 50 heavy (non-hydrogen) atoms. The van der Waals surface area contributed by atoms with Crippen molar-refractivity contribution in [1.29, 1.82) is 0 Å². The van der Waals surface area contributed by atoms with Crippen molar-refractivity contribution in [2.75, 3.05) is 55.7 Å². The maximum absolute atomic E-state index is 13.7. The van der Waals surface area contributed by atoms with Gasteiger partial charge in [0.05, 0.1) is 35.6 Å². The summed E-state index contributed by atoms with van der Waals surface area (Å²) in [5.74, 6) is 0.609. The molecule has 16 heteroatoms. The van der Waals surface area contributed by atoms with E-state index in [2.05, 4.69) is 9.80 Å². The fourth-order valence-electron chi connectivity index (χ4n) is 6.58. The van der Waals surface area contributed by atoms with Crippen LogP contribution in [0.1, 0.15) is 75.8 Å². The van der Waals surface area contributed by atoms with Crippen LogP contribution in [0.3, 0.4) is 0 Å². The van der Waals surface area contributed by atoms with E-state index < -0.39 is 59.0 Å². The minimum atomic E-state index is -5.05. The summed E-state index contributed by atoms with van der Waals surface area (Å²) in [6.45, 7) is 12.4. The zero-order valence-corrected chi connectivity index (χ0v) is 28.7. The van der Waals surface area contributed by atoms with Gasteiger partial charge in [0, 0.05) is 57.5 Å². The maximum Gasteiger partial charge on any atom is 0.416 e. The number of rotatable bonds is 7. The van der Waals surface area contributed by atoms with Crippen molar-refractivity contribution in [2.24, 2.45) is 0 Å². The second-order valence-electron chi connectivity index (χ2n) is 13.8. The van der Waals surface area contributed by atoms with Crippen LogP contribution in [0.4, 0.5) is 47.4 Å². The lowest BCUT2D eigenvalue weighted by molar-refractivity contribution is -0.143. The SMILES string of the molecule is CCN(c1ncc(N2CCN(C(=O)OC(C)(C)C)CC2)cc1CN1C(=O)OC(c2cc(C(F)(F)F)cc(C(F)(F)F)c2)C1C)C1CCOCC1. The van der Waals surface area contributed by atoms with Gasteiger partial charge in [-0.05, 0) is 77.3 Å². The molecule has 1 aromatic heterocycles. The average molecular weight is 716 g/mol. The van der Waals surface area contributed by atoms with E-state index in [-0.39, 0.29) is 18.7 Å². The van der Waals surface area contributed by atoms with Gasteiger partial charge in [0.1, 0.15) is 17.5 Å². The standard InChI is InChI=1S/C34H43F6N5O5/c1-6-44(26-7-13-48-14-8-26)29-23(17-27(19-41-29)42-9-11-43(12-10-42)30(46)50-32(3,4)5)20-45-21(2)28(49-31(45)47)22-15-24(33(35,36)37)18-25(16-22)34(38,39)40/h15-19,21,26,28H,6-14,20H2,1-5H3. The van der Waals surface area contributed by atoms with Gasteiger partial charge in [0.2, 0.25) is 0 Å². The number of alkyl halides is 6. The Morgan fingerprint density at radius 3 is 2.10 bits per heavy atom. The van der Waals surface area contributed by atoms with Crippen molar-refractivity contribution < 1.29 is 50.1 Å². The largest absolute Gasteiger partial charge is 0.444 e. The summed E-state index contributed by atoms with van der Waals surface area (Å²) in [6.07, 6.45) is -9.51. The molecule has 2 atom stereocenters. The van der Waals surface area contributed by atoms with Crippen molar-refractivity contribution in [2.45, 2.75) is 90.1 Å². The quantitative estimate of drug-likeness (QED) is 0.277. The van der Waals surface area contributed by atoms with E-state index in [1.54, 1.807) is 31.9 Å². The highest BCUT2D eigenvalue weighted by molar-refractivity contribution is 5.72. The van der Waals surface area contributed by atoms with E-state index in [4.69, 9.17) is 19.2 Å². The second-order valence-corrected chi connectivity index (χ2v) is 13.8. The number of pyridine rings is 1. The number of carbonyl (C=O) groups excluding carboxylic acids is 2. The number of halogens is 6. The zero-order valence-electron chi connectivity index (χ0n) is 28.7. The van der Waals surface area contributed by atoms with Gasteiger partial charge >= 0.3 is 24.5 Å². The molecule has 10 nitrogen and oxygen atoms in total. The van der Waals surface area contributed by atoms with Crippen LogP contribution in [0.15, 0.2) is 30.5 Å². The van der Waals surface area contributed by atoms with Crippen LogP contribution in [-0.4, -0.2) is 90.6 Å². The lowest BCUT2D eigenvalue weighted by Crippen LogP contribution is -2.50. The van der Waals surface area contributed by atoms with Gasteiger partial charge in [-0.15, -0.1) is 0 Å². The fourth-order valence-corrected chi connectivity index (χ4v) is 6.58. The lowest BCUT2D eigenvalue weighted by Gasteiger charge is -2.38. The number of hydrogen-bond acceptors (Lipinski definition) is 8. The molecule has 5 rings (SSSR count). The number of nitrogens with zero attached hydrogens (tertiary/aromatic N) is 5. The Morgan fingerprint density at radius 1 is 0.960 bits per heavy atom. The second kappa shape index (κ2) is 14.3. The summed E-state index contributed by atoms with van der Waals surface area (Å²) >= 11 is 0. The molecule has 0 bridgehead atoms. The molecule has 3 saturated heterocycles. The minimum absolute atomic E-state index is 0.0507. The van der Waals surface area contributed by atoms with Crippen LogP contribution >= 0.6 is 0 Å². The summed E-state index contributed by atoms with van der Waals surface area (Å²) < 4.78 is 98.5. The number of ether oxygens (including phenoxy) is 3. The molecule has 2 aromatic rings. The van der Waals surface area contributed by atoms with E-state index in [1.165, 1.54) is 11.8 Å². The van der Waals surface area contributed by atoms with Crippen molar-refractivity contribution >= 4 is 23.7 Å². The van der Waals surface area contributed by atoms with Crippen molar-refractivity contribution in [1.82, 2.24) is 14.8 Å². The summed E-state index contributed by atoms with van der Waals surface area (Å²) in [7, 11) is 0. The first-order chi connectivity index (χ1) is 23.4. The average Bonchev–Trinajstić information content (AvgIpc) is 3.33. The maximum atomic E-state index is 13.7. The molecule has 4 heterocycles. The topological polar surface area (TPSA) is 87.7 Å². The van der Waals surface area contributed by atoms with Gasteiger partial charge < -0.3 is 28.9 Å². The number of hydrogen-bond donors (Lipinski definition) is 0. The molecule has 276 valence electrons. The number of anilines is 2. The van der Waals surface area contributed by atoms with E-state index in [1.807, 2.05) is 13.0 Å². The van der Waals surface area contributed by atoms with Crippen molar-refractivity contribution in [3.8, 4) is 0 Å². The van der Waals surface area contributed by atoms with Crippen LogP contribution in [0.5, 0.6) is 0 Å². The predicted octanol–water partition coefficient (Wildman–Crippen LogP) is 7.26. The van der Waals surface area contributed by atoms with Crippen molar-refractivity contribution in [3.05, 3.63) is 52.7 Å². The highest BCUT2D eigenvalue weighted by Gasteiger charge is 2.44. The third-order valence-electron chi connectivity index (χ3n) is 9.14. The number of amides is 2. The highest BCUT2D eigenvalue weighted by Crippen LogP contribution is 2.42. The van der Waals surface area contributed by atoms with Crippen LogP contribution in [-0.2, 0) is 33.1 Å². The summed E-state index contributed by atoms with van der Waals surface area (Å²) in [5, 5.41) is 0. The Hall–Kier alpha value is -3.95. The molecular weight excluding hydrogens is 672 g/mol. The smallest absolute Gasteiger partial charge is 0.416 e. The lowest BCUT2D eigenvalue weighted by atomic mass is 9.97. The molecule has 0 spiro atoms. The van der Waals surface area contributed by atoms with E-state index >= 15 is 0 Å². The molecule has 0 radical (unpaired) electrons. The highest BCUT2D eigenvalue weighted by atomic mass is 19.4. The first kappa shape index (κ1) is 37.3. The van der Waals surface area contributed by atoms with Crippen LogP contribution < -0.4 is 9.80 Å².